The Bertz CT molecular complexity index is 879. The lowest BCUT2D eigenvalue weighted by atomic mass is 10.2. The summed E-state index contributed by atoms with van der Waals surface area (Å²) in [6, 6.07) is 14.5. The maximum absolute atomic E-state index is 13.6. The maximum Gasteiger partial charge on any atom is 0.237 e. The Morgan fingerprint density at radius 2 is 2.00 bits per heavy atom. The molecular weight excluding hydrogens is 337 g/mol. The van der Waals surface area contributed by atoms with Crippen LogP contribution in [-0.2, 0) is 4.79 Å². The van der Waals surface area contributed by atoms with Crippen molar-refractivity contribution in [1.29, 1.82) is 0 Å². The molecule has 0 radical (unpaired) electrons. The highest BCUT2D eigenvalue weighted by Gasteiger charge is 2.18. The fraction of sp³-hybridized carbons (Fsp3) is 0.158. The molecule has 1 heterocycles. The molecule has 4 nitrogen and oxygen atoms in total. The number of halogens is 1. The van der Waals surface area contributed by atoms with Crippen molar-refractivity contribution < 1.29 is 9.18 Å². The average Bonchev–Trinajstić information content (AvgIpc) is 3.07. The summed E-state index contributed by atoms with van der Waals surface area (Å²) >= 11 is 1.35. The number of nitrogens with one attached hydrogen (secondary N) is 1. The molecule has 0 bridgehead atoms. The van der Waals surface area contributed by atoms with E-state index in [4.69, 9.17) is 0 Å². The number of benzene rings is 2. The Balaban J connectivity index is 1.70. The van der Waals surface area contributed by atoms with Crippen molar-refractivity contribution in [2.24, 2.45) is 0 Å². The molecule has 25 heavy (non-hydrogen) atoms. The van der Waals surface area contributed by atoms with Crippen molar-refractivity contribution >= 4 is 23.4 Å². The van der Waals surface area contributed by atoms with E-state index in [1.807, 2.05) is 41.1 Å². The van der Waals surface area contributed by atoms with E-state index in [2.05, 4.69) is 10.3 Å². The minimum atomic E-state index is -0.380. The first-order valence-corrected chi connectivity index (χ1v) is 8.75. The highest BCUT2D eigenvalue weighted by Crippen LogP contribution is 2.25. The zero-order valence-electron chi connectivity index (χ0n) is 13.9. The molecule has 0 fully saturated rings. The van der Waals surface area contributed by atoms with Gasteiger partial charge in [0.1, 0.15) is 5.82 Å². The zero-order valence-corrected chi connectivity index (χ0v) is 14.8. The number of hydrogen-bond donors (Lipinski definition) is 1. The number of thioether (sulfide) groups is 1. The summed E-state index contributed by atoms with van der Waals surface area (Å²) in [5.41, 5.74) is 1.98. The maximum atomic E-state index is 13.6. The molecule has 2 aromatic carbocycles. The van der Waals surface area contributed by atoms with Gasteiger partial charge in [0.15, 0.2) is 5.16 Å². The average molecular weight is 355 g/mol. The minimum Gasteiger partial charge on any atom is -0.325 e. The lowest BCUT2D eigenvalue weighted by Gasteiger charge is -2.13. The molecule has 0 aliphatic carbocycles. The summed E-state index contributed by atoms with van der Waals surface area (Å²) in [5, 5.41) is 3.09. The van der Waals surface area contributed by atoms with Crippen LogP contribution in [0.2, 0.25) is 0 Å². The quantitative estimate of drug-likeness (QED) is 0.688. The topological polar surface area (TPSA) is 46.9 Å². The van der Waals surface area contributed by atoms with Crippen molar-refractivity contribution in [3.05, 3.63) is 72.3 Å². The highest BCUT2D eigenvalue weighted by molar-refractivity contribution is 8.00. The molecule has 0 unspecified atom stereocenters. The van der Waals surface area contributed by atoms with E-state index in [1.165, 1.54) is 17.8 Å². The smallest absolute Gasteiger partial charge is 0.237 e. The zero-order chi connectivity index (χ0) is 17.8. The molecule has 0 saturated carbocycles. The summed E-state index contributed by atoms with van der Waals surface area (Å²) in [7, 11) is 0. The molecule has 3 aromatic rings. The summed E-state index contributed by atoms with van der Waals surface area (Å²) in [4.78, 5) is 16.7. The van der Waals surface area contributed by atoms with Gasteiger partial charge in [-0.25, -0.2) is 9.37 Å². The van der Waals surface area contributed by atoms with E-state index in [0.717, 1.165) is 10.8 Å². The van der Waals surface area contributed by atoms with E-state index in [1.54, 1.807) is 32.2 Å². The third kappa shape index (κ3) is 4.09. The van der Waals surface area contributed by atoms with Gasteiger partial charge in [-0.05, 0) is 43.7 Å². The Labute approximate surface area is 150 Å². The van der Waals surface area contributed by atoms with E-state index in [0.29, 0.717) is 11.3 Å². The molecule has 0 spiro atoms. The number of anilines is 1. The Kier molecular flexibility index (Phi) is 5.19. The second kappa shape index (κ2) is 7.53. The molecule has 0 aliphatic heterocycles. The molecule has 1 aromatic heterocycles. The fourth-order valence-electron chi connectivity index (χ4n) is 2.29. The number of hydrogen-bond acceptors (Lipinski definition) is 3. The van der Waals surface area contributed by atoms with Gasteiger partial charge in [0.2, 0.25) is 5.91 Å². The summed E-state index contributed by atoms with van der Waals surface area (Å²) < 4.78 is 15.5. The van der Waals surface area contributed by atoms with Crippen molar-refractivity contribution in [1.82, 2.24) is 9.55 Å². The standard InChI is InChI=1S/C19H18FN3OS/c1-13-8-9-15(12-17(13)20)22-18(24)14(2)25-19-21-10-11-23(19)16-6-4-3-5-7-16/h3-12,14H,1-2H3,(H,22,24)/t14-/m0/s1. The highest BCUT2D eigenvalue weighted by atomic mass is 32.2. The van der Waals surface area contributed by atoms with Gasteiger partial charge in [-0.15, -0.1) is 0 Å². The van der Waals surface area contributed by atoms with Crippen LogP contribution in [0.15, 0.2) is 66.1 Å². The van der Waals surface area contributed by atoms with Gasteiger partial charge in [0.05, 0.1) is 5.25 Å². The number of nitrogens with zero attached hydrogens (tertiary/aromatic N) is 2. The van der Waals surface area contributed by atoms with Crippen LogP contribution in [-0.4, -0.2) is 20.7 Å². The Hall–Kier alpha value is -2.60. The first-order valence-electron chi connectivity index (χ1n) is 7.87. The van der Waals surface area contributed by atoms with Crippen LogP contribution < -0.4 is 5.32 Å². The second-order valence-corrected chi connectivity index (χ2v) is 6.94. The van der Waals surface area contributed by atoms with E-state index < -0.39 is 0 Å². The third-order valence-electron chi connectivity index (χ3n) is 3.73. The predicted octanol–water partition coefficient (Wildman–Crippen LogP) is 4.44. The molecule has 128 valence electrons. The van der Waals surface area contributed by atoms with Gasteiger partial charge < -0.3 is 5.32 Å². The first-order chi connectivity index (χ1) is 12.0. The van der Waals surface area contributed by atoms with E-state index >= 15 is 0 Å². The molecule has 1 atom stereocenters. The van der Waals surface area contributed by atoms with Gasteiger partial charge in [-0.1, -0.05) is 36.0 Å². The normalized spacial score (nSPS) is 12.0. The number of rotatable bonds is 5. The summed E-state index contributed by atoms with van der Waals surface area (Å²) in [5.74, 6) is -0.534. The Morgan fingerprint density at radius 3 is 2.72 bits per heavy atom. The number of aryl methyl sites for hydroxylation is 1. The van der Waals surface area contributed by atoms with Crippen LogP contribution in [0.1, 0.15) is 12.5 Å². The first kappa shape index (κ1) is 17.2. The number of para-hydroxylation sites is 1. The van der Waals surface area contributed by atoms with Crippen LogP contribution >= 0.6 is 11.8 Å². The van der Waals surface area contributed by atoms with Crippen LogP contribution in [0, 0.1) is 12.7 Å². The molecular formula is C19H18FN3OS. The number of carbonyl (C=O) groups is 1. The molecule has 3 rings (SSSR count). The van der Waals surface area contributed by atoms with Crippen molar-refractivity contribution in [2.75, 3.05) is 5.32 Å². The predicted molar refractivity (Wildman–Crippen MR) is 98.6 cm³/mol. The molecule has 6 heteroatoms. The molecule has 1 amide bonds. The third-order valence-corrected chi connectivity index (χ3v) is 4.81. The number of imidazole rings is 1. The number of aromatic nitrogens is 2. The van der Waals surface area contributed by atoms with Gasteiger partial charge in [-0.2, -0.15) is 0 Å². The monoisotopic (exact) mass is 355 g/mol. The van der Waals surface area contributed by atoms with Crippen LogP contribution in [0.3, 0.4) is 0 Å². The fourth-order valence-corrected chi connectivity index (χ4v) is 3.17. The SMILES string of the molecule is Cc1ccc(NC(=O)[C@H](C)Sc2nccn2-c2ccccc2)cc1F. The van der Waals surface area contributed by atoms with Crippen molar-refractivity contribution in [2.45, 2.75) is 24.3 Å². The van der Waals surface area contributed by atoms with E-state index in [-0.39, 0.29) is 17.0 Å². The lowest BCUT2D eigenvalue weighted by molar-refractivity contribution is -0.115. The molecule has 0 aliphatic rings. The van der Waals surface area contributed by atoms with Crippen LogP contribution in [0.5, 0.6) is 0 Å². The minimum absolute atomic E-state index is 0.198. The van der Waals surface area contributed by atoms with Gasteiger partial charge in [-0.3, -0.25) is 9.36 Å². The van der Waals surface area contributed by atoms with Crippen LogP contribution in [0.4, 0.5) is 10.1 Å². The Morgan fingerprint density at radius 1 is 1.24 bits per heavy atom. The van der Waals surface area contributed by atoms with Crippen LogP contribution in [0.25, 0.3) is 5.69 Å². The summed E-state index contributed by atoms with van der Waals surface area (Å²) in [6.45, 7) is 3.48. The molecule has 1 N–H and O–H groups in total. The lowest BCUT2D eigenvalue weighted by Crippen LogP contribution is -2.23. The number of amides is 1. The van der Waals surface area contributed by atoms with Crippen molar-refractivity contribution in [3.8, 4) is 5.69 Å². The van der Waals surface area contributed by atoms with Gasteiger partial charge in [0, 0.05) is 23.8 Å². The molecule has 0 saturated heterocycles. The van der Waals surface area contributed by atoms with Gasteiger partial charge >= 0.3 is 0 Å². The second-order valence-electron chi connectivity index (χ2n) is 5.63. The van der Waals surface area contributed by atoms with E-state index in [9.17, 15) is 9.18 Å². The van der Waals surface area contributed by atoms with Gasteiger partial charge in [0.25, 0.3) is 0 Å². The number of carbonyl (C=O) groups excluding carboxylic acids is 1. The largest absolute Gasteiger partial charge is 0.325 e. The summed E-state index contributed by atoms with van der Waals surface area (Å²) in [6.07, 6.45) is 3.56. The van der Waals surface area contributed by atoms with Crippen molar-refractivity contribution in [3.63, 3.8) is 0 Å².